The first-order valence-corrected chi connectivity index (χ1v) is 8.56. The first kappa shape index (κ1) is 18.6. The van der Waals surface area contributed by atoms with Gasteiger partial charge in [-0.3, -0.25) is 15.1 Å². The Labute approximate surface area is 160 Å². The van der Waals surface area contributed by atoms with E-state index in [-0.39, 0.29) is 17.9 Å². The average molecular weight is 386 g/mol. The van der Waals surface area contributed by atoms with Crippen molar-refractivity contribution in [3.8, 4) is 0 Å². The van der Waals surface area contributed by atoms with Gasteiger partial charge in [-0.25, -0.2) is 4.79 Å². The second-order valence-corrected chi connectivity index (χ2v) is 6.26. The van der Waals surface area contributed by atoms with Gasteiger partial charge in [-0.05, 0) is 37.6 Å². The molecule has 7 nitrogen and oxygen atoms in total. The lowest BCUT2D eigenvalue weighted by molar-refractivity contribution is -0.384. The van der Waals surface area contributed by atoms with Crippen molar-refractivity contribution in [3.05, 3.63) is 68.9 Å². The number of anilines is 2. The molecule has 0 amide bonds. The van der Waals surface area contributed by atoms with Gasteiger partial charge in [-0.15, -0.1) is 0 Å². The number of non-ortho nitro benzene ring substituents is 1. The van der Waals surface area contributed by atoms with Crippen molar-refractivity contribution < 1.29 is 14.5 Å². The molecule has 3 rings (SSSR count). The van der Waals surface area contributed by atoms with Gasteiger partial charge in [0.1, 0.15) is 5.56 Å². The maximum atomic E-state index is 12.4. The summed E-state index contributed by atoms with van der Waals surface area (Å²) in [6.07, 6.45) is 1.43. The average Bonchev–Trinajstić information content (AvgIpc) is 2.62. The number of rotatable bonds is 5. The van der Waals surface area contributed by atoms with Crippen LogP contribution < -0.4 is 5.32 Å². The Balaban J connectivity index is 2.21. The van der Waals surface area contributed by atoms with E-state index in [0.717, 1.165) is 5.56 Å². The van der Waals surface area contributed by atoms with Gasteiger partial charge < -0.3 is 10.1 Å². The number of halogens is 1. The first-order valence-electron chi connectivity index (χ1n) is 8.18. The molecule has 138 valence electrons. The number of ether oxygens (including phenoxy) is 1. The van der Waals surface area contributed by atoms with E-state index in [4.69, 9.17) is 16.3 Å². The van der Waals surface area contributed by atoms with Crippen LogP contribution in [0.5, 0.6) is 0 Å². The Kier molecular flexibility index (Phi) is 5.23. The molecular weight excluding hydrogens is 370 g/mol. The van der Waals surface area contributed by atoms with Crippen molar-refractivity contribution >= 4 is 45.5 Å². The van der Waals surface area contributed by atoms with Crippen LogP contribution in [0.25, 0.3) is 10.9 Å². The number of nitro groups is 1. The minimum Gasteiger partial charge on any atom is -0.462 e. The number of hydrogen-bond donors (Lipinski definition) is 1. The highest BCUT2D eigenvalue weighted by Crippen LogP contribution is 2.34. The maximum Gasteiger partial charge on any atom is 0.341 e. The summed E-state index contributed by atoms with van der Waals surface area (Å²) >= 11 is 6.20. The van der Waals surface area contributed by atoms with E-state index in [9.17, 15) is 14.9 Å². The number of nitrogens with one attached hydrogen (secondary N) is 1. The highest BCUT2D eigenvalue weighted by Gasteiger charge is 2.19. The summed E-state index contributed by atoms with van der Waals surface area (Å²) in [7, 11) is 0. The molecule has 1 N–H and O–H groups in total. The summed E-state index contributed by atoms with van der Waals surface area (Å²) in [5, 5.41) is 15.3. The van der Waals surface area contributed by atoms with E-state index in [2.05, 4.69) is 10.3 Å². The van der Waals surface area contributed by atoms with Crippen molar-refractivity contribution in [3.63, 3.8) is 0 Å². The van der Waals surface area contributed by atoms with E-state index >= 15 is 0 Å². The molecule has 0 unspecified atom stereocenters. The fourth-order valence-corrected chi connectivity index (χ4v) is 3.05. The third-order valence-corrected chi connectivity index (χ3v) is 4.17. The monoisotopic (exact) mass is 385 g/mol. The Hall–Kier alpha value is -3.19. The summed E-state index contributed by atoms with van der Waals surface area (Å²) in [5.41, 5.74) is 2.56. The smallest absolute Gasteiger partial charge is 0.341 e. The number of esters is 1. The second-order valence-electron chi connectivity index (χ2n) is 5.82. The van der Waals surface area contributed by atoms with E-state index in [0.29, 0.717) is 27.3 Å². The second kappa shape index (κ2) is 7.59. The van der Waals surface area contributed by atoms with Crippen LogP contribution >= 0.6 is 11.6 Å². The molecule has 0 spiro atoms. The molecule has 27 heavy (non-hydrogen) atoms. The number of nitro benzene ring substituents is 1. The number of fused-ring (bicyclic) bond motifs is 1. The van der Waals surface area contributed by atoms with Crippen molar-refractivity contribution in [1.82, 2.24) is 4.98 Å². The van der Waals surface area contributed by atoms with Crippen molar-refractivity contribution in [1.29, 1.82) is 0 Å². The summed E-state index contributed by atoms with van der Waals surface area (Å²) in [6, 6.07) is 9.48. The maximum absolute atomic E-state index is 12.4. The number of hydrogen-bond acceptors (Lipinski definition) is 6. The SMILES string of the molecule is CCOC(=O)c1cnc2c(C)cc(Cl)cc2c1Nc1cccc([N+](=O)[O-])c1. The van der Waals surface area contributed by atoms with Gasteiger partial charge >= 0.3 is 5.97 Å². The molecule has 0 aliphatic carbocycles. The molecule has 3 aromatic rings. The van der Waals surface area contributed by atoms with Crippen LogP contribution in [0.1, 0.15) is 22.8 Å². The normalized spacial score (nSPS) is 10.6. The molecule has 0 aliphatic heterocycles. The third-order valence-electron chi connectivity index (χ3n) is 3.95. The van der Waals surface area contributed by atoms with E-state index in [1.807, 2.05) is 6.92 Å². The zero-order chi connectivity index (χ0) is 19.6. The van der Waals surface area contributed by atoms with Crippen molar-refractivity contribution in [2.75, 3.05) is 11.9 Å². The molecule has 0 aliphatic rings. The Bertz CT molecular complexity index is 1050. The number of aryl methyl sites for hydroxylation is 1. The van der Waals surface area contributed by atoms with Crippen LogP contribution in [0.15, 0.2) is 42.6 Å². The summed E-state index contributed by atoms with van der Waals surface area (Å²) in [6.45, 7) is 3.78. The van der Waals surface area contributed by atoms with Crippen LogP contribution in [0.2, 0.25) is 5.02 Å². The van der Waals surface area contributed by atoms with Gasteiger partial charge in [0.15, 0.2) is 0 Å². The predicted octanol–water partition coefficient (Wildman–Crippen LogP) is 5.03. The molecule has 0 bridgehead atoms. The van der Waals surface area contributed by atoms with Crippen LogP contribution in [0.3, 0.4) is 0 Å². The number of pyridine rings is 1. The number of aromatic nitrogens is 1. The zero-order valence-corrected chi connectivity index (χ0v) is 15.4. The van der Waals surface area contributed by atoms with Crippen LogP contribution in [0, 0.1) is 17.0 Å². The molecule has 0 saturated heterocycles. The fourth-order valence-electron chi connectivity index (χ4n) is 2.78. The molecule has 0 radical (unpaired) electrons. The fraction of sp³-hybridized carbons (Fsp3) is 0.158. The number of benzene rings is 2. The third kappa shape index (κ3) is 3.83. The summed E-state index contributed by atoms with van der Waals surface area (Å²) in [4.78, 5) is 27.3. The molecule has 2 aromatic carbocycles. The number of carbonyl (C=O) groups excluding carboxylic acids is 1. The van der Waals surface area contributed by atoms with E-state index in [1.54, 1.807) is 31.2 Å². The Morgan fingerprint density at radius 1 is 1.33 bits per heavy atom. The first-order chi connectivity index (χ1) is 12.9. The van der Waals surface area contributed by atoms with Gasteiger partial charge in [0.25, 0.3) is 5.69 Å². The number of carbonyl (C=O) groups is 1. The largest absolute Gasteiger partial charge is 0.462 e. The number of nitrogens with zero attached hydrogens (tertiary/aromatic N) is 2. The van der Waals surface area contributed by atoms with Crippen molar-refractivity contribution in [2.45, 2.75) is 13.8 Å². The molecule has 1 heterocycles. The van der Waals surface area contributed by atoms with Gasteiger partial charge in [-0.1, -0.05) is 17.7 Å². The van der Waals surface area contributed by atoms with Crippen LogP contribution in [-0.2, 0) is 4.74 Å². The van der Waals surface area contributed by atoms with E-state index < -0.39 is 10.9 Å². The van der Waals surface area contributed by atoms with Crippen LogP contribution in [-0.4, -0.2) is 22.5 Å². The quantitative estimate of drug-likeness (QED) is 0.376. The Morgan fingerprint density at radius 2 is 2.11 bits per heavy atom. The lowest BCUT2D eigenvalue weighted by Gasteiger charge is -2.15. The molecule has 0 atom stereocenters. The Morgan fingerprint density at radius 3 is 2.81 bits per heavy atom. The highest BCUT2D eigenvalue weighted by atomic mass is 35.5. The summed E-state index contributed by atoms with van der Waals surface area (Å²) in [5.74, 6) is -0.544. The predicted molar refractivity (Wildman–Crippen MR) is 104 cm³/mol. The minimum atomic E-state index is -0.544. The van der Waals surface area contributed by atoms with Gasteiger partial charge in [-0.2, -0.15) is 0 Å². The molecule has 1 aromatic heterocycles. The van der Waals surface area contributed by atoms with Crippen molar-refractivity contribution in [2.24, 2.45) is 0 Å². The zero-order valence-electron chi connectivity index (χ0n) is 14.7. The molecule has 0 fully saturated rings. The van der Waals surface area contributed by atoms with Gasteiger partial charge in [0, 0.05) is 34.4 Å². The molecule has 8 heteroatoms. The lowest BCUT2D eigenvalue weighted by Crippen LogP contribution is -2.09. The summed E-state index contributed by atoms with van der Waals surface area (Å²) < 4.78 is 5.12. The minimum absolute atomic E-state index is 0.0646. The van der Waals surface area contributed by atoms with Crippen LogP contribution in [0.4, 0.5) is 17.1 Å². The van der Waals surface area contributed by atoms with Gasteiger partial charge in [0.05, 0.1) is 22.7 Å². The molecule has 0 saturated carbocycles. The standard InChI is InChI=1S/C19H16ClN3O4/c1-3-27-19(24)16-10-21-17-11(2)7-12(20)8-15(17)18(16)22-13-5-4-6-14(9-13)23(25)26/h4-10H,3H2,1-2H3,(H,21,22). The van der Waals surface area contributed by atoms with Gasteiger partial charge in [0.2, 0.25) is 0 Å². The lowest BCUT2D eigenvalue weighted by atomic mass is 10.1. The topological polar surface area (TPSA) is 94.4 Å². The van der Waals surface area contributed by atoms with E-state index in [1.165, 1.54) is 18.3 Å². The highest BCUT2D eigenvalue weighted by molar-refractivity contribution is 6.31. The molecular formula is C19H16ClN3O4.